The summed E-state index contributed by atoms with van der Waals surface area (Å²) in [4.78, 5) is 4.94. The Kier molecular flexibility index (Phi) is 12.3. The highest BCUT2D eigenvalue weighted by atomic mass is 19.1. The summed E-state index contributed by atoms with van der Waals surface area (Å²) in [7, 11) is 0. The minimum absolute atomic E-state index is 0.0512. The number of imidazole rings is 1. The normalized spacial score (nSPS) is 12.2. The summed E-state index contributed by atoms with van der Waals surface area (Å²) in [6.45, 7) is 24.4. The zero-order valence-electron chi connectivity index (χ0n) is 42.8. The molecule has 0 amide bonds. The standard InChI is InChI=1S/C64H63F2N4O/c1-38(2)49-18-16-19-50(39(3)4)62(49)43-29-46(35-48(30-43)71-47-24-25-52-51-17-12-13-20-57(51)70(60(52)36-47)61-33-44(27-28-67-61)64(9,10)11)68-37-69(59-22-15-14-21-58(59)68)63-53(40(5)6)31-42(32-54(63)41(7)8)55-34-45(65)23-26-56(55)66/h12-41H,1-11H3/q+1. The van der Waals surface area contributed by atoms with Crippen LogP contribution in [0, 0.1) is 11.6 Å². The summed E-state index contributed by atoms with van der Waals surface area (Å²) in [6.07, 6.45) is 4.10. The van der Waals surface area contributed by atoms with Crippen molar-refractivity contribution in [2.75, 3.05) is 0 Å². The smallest absolute Gasteiger partial charge is 0.255 e. The molecule has 358 valence electrons. The molecule has 7 aromatic carbocycles. The monoisotopic (exact) mass is 941 g/mol. The SMILES string of the molecule is CC(C)c1cccc(C(C)C)c1-c1cc(Oc2ccc3c4ccccc4n(-c4cc(C(C)(C)C)ccn4)c3c2)cc(-n2c[n+](-c3c(C(C)C)cc(-c4cc(F)ccc4F)cc3C(C)C)c3ccccc32)c1. The molecule has 0 saturated carbocycles. The Morgan fingerprint density at radius 1 is 0.549 bits per heavy atom. The highest BCUT2D eigenvalue weighted by Gasteiger charge is 2.29. The fourth-order valence-electron chi connectivity index (χ4n) is 10.4. The lowest BCUT2D eigenvalue weighted by molar-refractivity contribution is -0.569. The second kappa shape index (κ2) is 18.4. The third kappa shape index (κ3) is 8.70. The second-order valence-electron chi connectivity index (χ2n) is 21.4. The molecule has 0 radical (unpaired) electrons. The van der Waals surface area contributed by atoms with Gasteiger partial charge in [-0.15, -0.1) is 0 Å². The number of hydrogen-bond acceptors (Lipinski definition) is 2. The lowest BCUT2D eigenvalue weighted by Crippen LogP contribution is -2.33. The molecule has 0 aliphatic carbocycles. The van der Waals surface area contributed by atoms with E-state index in [1.807, 2.05) is 18.3 Å². The van der Waals surface area contributed by atoms with Crippen molar-refractivity contribution in [3.8, 4) is 50.9 Å². The van der Waals surface area contributed by atoms with Gasteiger partial charge in [-0.25, -0.2) is 13.8 Å². The number of hydrogen-bond donors (Lipinski definition) is 0. The minimum Gasteiger partial charge on any atom is -0.457 e. The van der Waals surface area contributed by atoms with E-state index in [0.29, 0.717) is 17.1 Å². The van der Waals surface area contributed by atoms with E-state index >= 15 is 4.39 Å². The molecular formula is C64H63F2N4O+. The van der Waals surface area contributed by atoms with Gasteiger partial charge in [-0.3, -0.25) is 4.57 Å². The Morgan fingerprint density at radius 2 is 1.20 bits per heavy atom. The van der Waals surface area contributed by atoms with Crippen LogP contribution in [0.3, 0.4) is 0 Å². The molecule has 5 nitrogen and oxygen atoms in total. The molecule has 0 spiro atoms. The van der Waals surface area contributed by atoms with Gasteiger partial charge in [-0.05, 0) is 147 Å². The molecule has 0 unspecified atom stereocenters. The molecule has 0 fully saturated rings. The van der Waals surface area contributed by atoms with Gasteiger partial charge < -0.3 is 4.74 Å². The van der Waals surface area contributed by atoms with Crippen LogP contribution >= 0.6 is 0 Å². The van der Waals surface area contributed by atoms with Crippen molar-refractivity contribution >= 4 is 32.8 Å². The van der Waals surface area contributed by atoms with E-state index in [1.165, 1.54) is 40.5 Å². The number of ether oxygens (including phenoxy) is 1. The molecule has 0 saturated heterocycles. The Bertz CT molecular complexity index is 3600. The van der Waals surface area contributed by atoms with Crippen LogP contribution in [-0.2, 0) is 5.41 Å². The number of nitrogens with zero attached hydrogens (tertiary/aromatic N) is 4. The lowest BCUT2D eigenvalue weighted by atomic mass is 9.85. The van der Waals surface area contributed by atoms with Crippen LogP contribution in [0.25, 0.3) is 72.3 Å². The van der Waals surface area contributed by atoms with Crippen molar-refractivity contribution in [2.45, 2.75) is 105 Å². The van der Waals surface area contributed by atoms with Crippen LogP contribution in [0.1, 0.15) is 128 Å². The molecule has 0 aliphatic rings. The van der Waals surface area contributed by atoms with E-state index < -0.39 is 11.6 Å². The molecule has 0 atom stereocenters. The fraction of sp³-hybridized carbons (Fsp3) is 0.250. The van der Waals surface area contributed by atoms with E-state index in [2.05, 4.69) is 211 Å². The Morgan fingerprint density at radius 3 is 1.87 bits per heavy atom. The largest absolute Gasteiger partial charge is 0.457 e. The average Bonchev–Trinajstić information content (AvgIpc) is 3.89. The maximum Gasteiger partial charge on any atom is 0.255 e. The quantitative estimate of drug-likeness (QED) is 0.121. The molecule has 10 aromatic rings. The van der Waals surface area contributed by atoms with Gasteiger partial charge in [0.2, 0.25) is 0 Å². The van der Waals surface area contributed by atoms with Gasteiger partial charge in [0.15, 0.2) is 11.0 Å². The molecule has 7 heteroatoms. The number of fused-ring (bicyclic) bond motifs is 4. The summed E-state index contributed by atoms with van der Waals surface area (Å²) in [6, 6.07) is 48.8. The van der Waals surface area contributed by atoms with Crippen LogP contribution in [0.5, 0.6) is 11.5 Å². The average molecular weight is 942 g/mol. The number of rotatable bonds is 11. The number of pyridine rings is 1. The Hall–Kier alpha value is -7.38. The third-order valence-electron chi connectivity index (χ3n) is 14.1. The predicted molar refractivity (Wildman–Crippen MR) is 289 cm³/mol. The molecule has 3 aromatic heterocycles. The molecule has 0 bridgehead atoms. The number of aromatic nitrogens is 4. The summed E-state index contributed by atoms with van der Waals surface area (Å²) in [5, 5.41) is 2.27. The van der Waals surface area contributed by atoms with E-state index in [0.717, 1.165) is 66.7 Å². The zero-order chi connectivity index (χ0) is 50.0. The van der Waals surface area contributed by atoms with E-state index in [-0.39, 0.29) is 34.7 Å². The van der Waals surface area contributed by atoms with Gasteiger partial charge >= 0.3 is 0 Å². The maximum absolute atomic E-state index is 15.5. The summed E-state index contributed by atoms with van der Waals surface area (Å²) >= 11 is 0. The van der Waals surface area contributed by atoms with Crippen LogP contribution in [-0.4, -0.2) is 14.1 Å². The summed E-state index contributed by atoms with van der Waals surface area (Å²) < 4.78 is 44.1. The molecular weight excluding hydrogens is 879 g/mol. The Labute approximate surface area is 417 Å². The van der Waals surface area contributed by atoms with Crippen molar-refractivity contribution in [1.82, 2.24) is 14.1 Å². The van der Waals surface area contributed by atoms with E-state index in [9.17, 15) is 4.39 Å². The number of para-hydroxylation sites is 3. The summed E-state index contributed by atoms with van der Waals surface area (Å²) in [5.74, 6) is 2.03. The van der Waals surface area contributed by atoms with Crippen LogP contribution in [0.4, 0.5) is 8.78 Å². The Balaban J connectivity index is 1.20. The van der Waals surface area contributed by atoms with Gasteiger partial charge in [0.1, 0.15) is 40.3 Å². The molecule has 0 aliphatic heterocycles. The second-order valence-corrected chi connectivity index (χ2v) is 21.4. The van der Waals surface area contributed by atoms with Gasteiger partial charge in [0.05, 0.1) is 11.0 Å². The van der Waals surface area contributed by atoms with Crippen molar-refractivity contribution in [3.63, 3.8) is 0 Å². The van der Waals surface area contributed by atoms with E-state index in [1.54, 1.807) is 0 Å². The highest BCUT2D eigenvalue weighted by molar-refractivity contribution is 6.09. The number of benzene rings is 7. The summed E-state index contributed by atoms with van der Waals surface area (Å²) in [5.41, 5.74) is 15.1. The van der Waals surface area contributed by atoms with Crippen molar-refractivity contribution in [1.29, 1.82) is 0 Å². The first-order valence-corrected chi connectivity index (χ1v) is 25.1. The third-order valence-corrected chi connectivity index (χ3v) is 14.1. The molecule has 0 N–H and O–H groups in total. The van der Waals surface area contributed by atoms with Crippen molar-refractivity contribution < 1.29 is 18.1 Å². The van der Waals surface area contributed by atoms with Gasteiger partial charge in [-0.2, -0.15) is 9.13 Å². The predicted octanol–water partition coefficient (Wildman–Crippen LogP) is 17.6. The topological polar surface area (TPSA) is 35.9 Å². The van der Waals surface area contributed by atoms with Crippen LogP contribution in [0.15, 0.2) is 158 Å². The lowest BCUT2D eigenvalue weighted by Gasteiger charge is -2.21. The maximum atomic E-state index is 15.5. The zero-order valence-corrected chi connectivity index (χ0v) is 42.8. The van der Waals surface area contributed by atoms with Crippen molar-refractivity contribution in [2.24, 2.45) is 0 Å². The van der Waals surface area contributed by atoms with E-state index in [4.69, 9.17) is 9.72 Å². The first kappa shape index (κ1) is 47.3. The van der Waals surface area contributed by atoms with Gasteiger partial charge in [0.25, 0.3) is 6.33 Å². The van der Waals surface area contributed by atoms with Crippen LogP contribution in [0.2, 0.25) is 0 Å². The first-order chi connectivity index (χ1) is 34.0. The molecule has 71 heavy (non-hydrogen) atoms. The number of halogens is 2. The fourth-order valence-corrected chi connectivity index (χ4v) is 10.4. The van der Waals surface area contributed by atoms with Crippen LogP contribution < -0.4 is 9.30 Å². The first-order valence-electron chi connectivity index (χ1n) is 25.1. The molecule has 3 heterocycles. The highest BCUT2D eigenvalue weighted by Crippen LogP contribution is 2.42. The van der Waals surface area contributed by atoms with Gasteiger partial charge in [-0.1, -0.05) is 125 Å². The minimum atomic E-state index is -0.467. The van der Waals surface area contributed by atoms with Crippen molar-refractivity contribution in [3.05, 3.63) is 198 Å². The van der Waals surface area contributed by atoms with Gasteiger partial charge in [0, 0.05) is 45.8 Å². The molecule has 10 rings (SSSR count).